The highest BCUT2D eigenvalue weighted by Gasteiger charge is 2.34. The van der Waals surface area contributed by atoms with Crippen LogP contribution in [-0.2, 0) is 6.18 Å². The third kappa shape index (κ3) is 2.41. The maximum Gasteiger partial charge on any atom is 0.443 e. The fraction of sp³-hybridized carbons (Fsp3) is 0.182. The van der Waals surface area contributed by atoms with Crippen LogP contribution in [0, 0.1) is 6.92 Å². The molecule has 0 atom stereocenters. The summed E-state index contributed by atoms with van der Waals surface area (Å²) in [7, 11) is 0. The van der Waals surface area contributed by atoms with Crippen molar-refractivity contribution < 1.29 is 13.2 Å². The van der Waals surface area contributed by atoms with Crippen LogP contribution in [0.1, 0.15) is 10.6 Å². The molecule has 0 aliphatic rings. The number of nitrogens with zero attached hydrogens (tertiary/aromatic N) is 1. The molecular weight excluding hydrogens is 249 g/mol. The molecule has 90 valence electrons. The smallest absolute Gasteiger partial charge is 0.399 e. The number of nitrogens with two attached hydrogens (primary N) is 1. The molecule has 2 rings (SSSR count). The average Bonchev–Trinajstić information content (AvgIpc) is 2.70. The Morgan fingerprint density at radius 3 is 2.59 bits per heavy atom. The van der Waals surface area contributed by atoms with Crippen LogP contribution in [0.25, 0.3) is 10.4 Å². The summed E-state index contributed by atoms with van der Waals surface area (Å²) >= 11 is 0.624. The SMILES string of the molecule is Cc1ccc(N)cc1-c1cnc(C(F)(F)F)s1. The first-order chi connectivity index (χ1) is 7.88. The molecule has 2 aromatic rings. The van der Waals surface area contributed by atoms with Crippen molar-refractivity contribution in [3.8, 4) is 10.4 Å². The van der Waals surface area contributed by atoms with Gasteiger partial charge in [-0.3, -0.25) is 0 Å². The number of benzene rings is 1. The van der Waals surface area contributed by atoms with Crippen LogP contribution in [0.4, 0.5) is 18.9 Å². The lowest BCUT2D eigenvalue weighted by molar-refractivity contribution is -0.137. The minimum Gasteiger partial charge on any atom is -0.399 e. The Hall–Kier alpha value is -1.56. The van der Waals surface area contributed by atoms with Crippen LogP contribution >= 0.6 is 11.3 Å². The predicted molar refractivity (Wildman–Crippen MR) is 61.7 cm³/mol. The molecule has 0 aliphatic carbocycles. The van der Waals surface area contributed by atoms with E-state index >= 15 is 0 Å². The maximum absolute atomic E-state index is 12.4. The molecule has 0 amide bonds. The Morgan fingerprint density at radius 2 is 2.00 bits per heavy atom. The fourth-order valence-electron chi connectivity index (χ4n) is 1.43. The minimum absolute atomic E-state index is 0.474. The molecule has 6 heteroatoms. The minimum atomic E-state index is -4.39. The van der Waals surface area contributed by atoms with E-state index in [1.165, 1.54) is 6.20 Å². The lowest BCUT2D eigenvalue weighted by atomic mass is 10.1. The van der Waals surface area contributed by atoms with Gasteiger partial charge >= 0.3 is 6.18 Å². The highest BCUT2D eigenvalue weighted by atomic mass is 32.1. The van der Waals surface area contributed by atoms with Crippen molar-refractivity contribution >= 4 is 17.0 Å². The first-order valence-electron chi connectivity index (χ1n) is 4.77. The number of aromatic nitrogens is 1. The van der Waals surface area contributed by atoms with Crippen LogP contribution in [0.3, 0.4) is 0 Å². The first-order valence-corrected chi connectivity index (χ1v) is 5.59. The Balaban J connectivity index is 2.47. The highest BCUT2D eigenvalue weighted by molar-refractivity contribution is 7.15. The second kappa shape index (κ2) is 4.03. The molecule has 2 N–H and O–H groups in total. The molecule has 0 bridgehead atoms. The van der Waals surface area contributed by atoms with Crippen molar-refractivity contribution in [2.45, 2.75) is 13.1 Å². The lowest BCUT2D eigenvalue weighted by Crippen LogP contribution is -2.02. The van der Waals surface area contributed by atoms with Crippen molar-refractivity contribution in [1.29, 1.82) is 0 Å². The monoisotopic (exact) mass is 258 g/mol. The number of alkyl halides is 3. The van der Waals surface area contributed by atoms with Gasteiger partial charge in [-0.05, 0) is 30.2 Å². The molecule has 0 radical (unpaired) electrons. The van der Waals surface area contributed by atoms with Crippen molar-refractivity contribution in [1.82, 2.24) is 4.98 Å². The molecule has 2 nitrogen and oxygen atoms in total. The van der Waals surface area contributed by atoms with E-state index in [-0.39, 0.29) is 0 Å². The average molecular weight is 258 g/mol. The van der Waals surface area contributed by atoms with Gasteiger partial charge in [0.05, 0.1) is 4.88 Å². The van der Waals surface area contributed by atoms with Gasteiger partial charge in [-0.15, -0.1) is 11.3 Å². The topological polar surface area (TPSA) is 38.9 Å². The van der Waals surface area contributed by atoms with Gasteiger partial charge < -0.3 is 5.73 Å². The van der Waals surface area contributed by atoms with Gasteiger partial charge in [0.2, 0.25) is 0 Å². The standard InChI is InChI=1S/C11H9F3N2S/c1-6-2-3-7(15)4-8(6)9-5-16-10(17-9)11(12,13)14/h2-5H,15H2,1H3. The Labute approximate surface area is 99.9 Å². The van der Waals surface area contributed by atoms with Crippen molar-refractivity contribution in [2.75, 3.05) is 5.73 Å². The molecule has 0 unspecified atom stereocenters. The molecule has 1 heterocycles. The number of aryl methyl sites for hydroxylation is 1. The van der Waals surface area contributed by atoms with Crippen LogP contribution in [0.5, 0.6) is 0 Å². The van der Waals surface area contributed by atoms with E-state index in [9.17, 15) is 13.2 Å². The summed E-state index contributed by atoms with van der Waals surface area (Å²) in [4.78, 5) is 3.86. The highest BCUT2D eigenvalue weighted by Crippen LogP contribution is 2.37. The van der Waals surface area contributed by atoms with Crippen LogP contribution in [0.15, 0.2) is 24.4 Å². The number of anilines is 1. The van der Waals surface area contributed by atoms with E-state index in [2.05, 4.69) is 4.98 Å². The summed E-state index contributed by atoms with van der Waals surface area (Å²) in [5, 5.41) is -0.839. The van der Waals surface area contributed by atoms with Gasteiger partial charge in [0.1, 0.15) is 0 Å². The number of thiazole rings is 1. The summed E-state index contributed by atoms with van der Waals surface area (Å²) in [5.41, 5.74) is 7.70. The summed E-state index contributed by atoms with van der Waals surface area (Å²) in [6.07, 6.45) is -3.16. The molecule has 0 fully saturated rings. The van der Waals surface area contributed by atoms with Gasteiger partial charge in [0, 0.05) is 11.9 Å². The van der Waals surface area contributed by atoms with Gasteiger partial charge in [-0.1, -0.05) is 6.07 Å². The largest absolute Gasteiger partial charge is 0.443 e. The molecule has 0 aliphatic heterocycles. The number of rotatable bonds is 1. The van der Waals surface area contributed by atoms with Crippen molar-refractivity contribution in [3.63, 3.8) is 0 Å². The molecule has 1 aromatic heterocycles. The number of hydrogen-bond acceptors (Lipinski definition) is 3. The second-order valence-corrected chi connectivity index (χ2v) is 4.63. The van der Waals surface area contributed by atoms with Crippen molar-refractivity contribution in [2.24, 2.45) is 0 Å². The van der Waals surface area contributed by atoms with Crippen LogP contribution in [0.2, 0.25) is 0 Å². The quantitative estimate of drug-likeness (QED) is 0.792. The van der Waals surface area contributed by atoms with Crippen molar-refractivity contribution in [3.05, 3.63) is 35.0 Å². The summed E-state index contributed by atoms with van der Waals surface area (Å²) in [6.45, 7) is 1.82. The Bertz CT molecular complexity index is 546. The molecule has 0 saturated heterocycles. The van der Waals surface area contributed by atoms with Gasteiger partial charge in [-0.25, -0.2) is 4.98 Å². The van der Waals surface area contributed by atoms with Gasteiger partial charge in [0.25, 0.3) is 0 Å². The van der Waals surface area contributed by atoms with E-state index in [0.717, 1.165) is 5.56 Å². The van der Waals surface area contributed by atoms with Gasteiger partial charge in [0.15, 0.2) is 5.01 Å². The van der Waals surface area contributed by atoms with Crippen LogP contribution in [-0.4, -0.2) is 4.98 Å². The molecule has 1 aromatic carbocycles. The molecule has 17 heavy (non-hydrogen) atoms. The van der Waals surface area contributed by atoms with E-state index in [4.69, 9.17) is 5.73 Å². The zero-order valence-corrected chi connectivity index (χ0v) is 9.69. The second-order valence-electron chi connectivity index (χ2n) is 3.60. The third-order valence-electron chi connectivity index (χ3n) is 2.28. The normalized spacial score (nSPS) is 11.8. The van der Waals surface area contributed by atoms with Crippen LogP contribution < -0.4 is 5.73 Å². The Kier molecular flexibility index (Phi) is 2.82. The Morgan fingerprint density at radius 1 is 1.29 bits per heavy atom. The summed E-state index contributed by atoms with van der Waals surface area (Å²) in [6, 6.07) is 5.14. The van der Waals surface area contributed by atoms with E-state index < -0.39 is 11.2 Å². The van der Waals surface area contributed by atoms with E-state index in [1.807, 2.05) is 6.92 Å². The zero-order chi connectivity index (χ0) is 12.6. The number of hydrogen-bond donors (Lipinski definition) is 1. The maximum atomic E-state index is 12.4. The molecular formula is C11H9F3N2S. The van der Waals surface area contributed by atoms with Gasteiger partial charge in [-0.2, -0.15) is 13.2 Å². The number of nitrogen functional groups attached to an aromatic ring is 1. The molecule has 0 saturated carbocycles. The van der Waals surface area contributed by atoms with E-state index in [0.29, 0.717) is 27.5 Å². The number of halogens is 3. The van der Waals surface area contributed by atoms with E-state index in [1.54, 1.807) is 18.2 Å². The predicted octanol–water partition coefficient (Wildman–Crippen LogP) is 3.72. The first kappa shape index (κ1) is 11.9. The summed E-state index contributed by atoms with van der Waals surface area (Å²) in [5.74, 6) is 0. The zero-order valence-electron chi connectivity index (χ0n) is 8.88. The fourth-order valence-corrected chi connectivity index (χ4v) is 2.30. The third-order valence-corrected chi connectivity index (χ3v) is 3.35. The molecule has 0 spiro atoms. The lowest BCUT2D eigenvalue weighted by Gasteiger charge is -2.04. The summed E-state index contributed by atoms with van der Waals surface area (Å²) < 4.78 is 37.3.